The van der Waals surface area contributed by atoms with Crippen molar-refractivity contribution in [1.82, 2.24) is 16.0 Å². The number of aliphatic hydroxyl groups excluding tert-OH is 1. The highest BCUT2D eigenvalue weighted by molar-refractivity contribution is 5.92. The minimum atomic E-state index is -1.42. The fraction of sp³-hybridized carbons (Fsp3) is 0.375. The van der Waals surface area contributed by atoms with E-state index in [1.54, 1.807) is 31.3 Å². The van der Waals surface area contributed by atoms with Crippen LogP contribution in [0.25, 0.3) is 11.1 Å². The number of carbonyl (C=O) groups is 3. The minimum absolute atomic E-state index is 0. The summed E-state index contributed by atoms with van der Waals surface area (Å²) in [6.45, 7) is -0.168. The molecule has 37 heavy (non-hydrogen) atoms. The fourth-order valence-electron chi connectivity index (χ4n) is 3.97. The van der Waals surface area contributed by atoms with E-state index in [-0.39, 0.29) is 67.7 Å². The number of nitrogens with one attached hydrogen (secondary N) is 3. The van der Waals surface area contributed by atoms with Crippen molar-refractivity contribution in [2.24, 2.45) is 5.73 Å². The van der Waals surface area contributed by atoms with Crippen molar-refractivity contribution in [3.05, 3.63) is 47.5 Å². The summed E-state index contributed by atoms with van der Waals surface area (Å²) in [7, 11) is 1.55. The molecule has 0 spiro atoms. The van der Waals surface area contributed by atoms with Gasteiger partial charge in [-0.15, -0.1) is 24.8 Å². The Labute approximate surface area is 226 Å². The van der Waals surface area contributed by atoms with Gasteiger partial charge in [0, 0.05) is 25.8 Å². The van der Waals surface area contributed by atoms with Gasteiger partial charge in [0.1, 0.15) is 23.6 Å². The largest absolute Gasteiger partial charge is 0.508 e. The Hall–Kier alpha value is -3.09. The predicted octanol–water partition coefficient (Wildman–Crippen LogP) is 0.0589. The summed E-state index contributed by atoms with van der Waals surface area (Å²) >= 11 is 0. The molecular weight excluding hydrogens is 527 g/mol. The molecule has 4 atom stereocenters. The van der Waals surface area contributed by atoms with E-state index in [0.717, 1.165) is 0 Å². The fourth-order valence-corrected chi connectivity index (χ4v) is 3.97. The van der Waals surface area contributed by atoms with Crippen molar-refractivity contribution in [3.63, 3.8) is 0 Å². The van der Waals surface area contributed by atoms with Gasteiger partial charge in [0.2, 0.25) is 11.8 Å². The number of aliphatic carboxylic acids is 1. The molecule has 1 aliphatic heterocycles. The lowest BCUT2D eigenvalue weighted by atomic mass is 9.95. The summed E-state index contributed by atoms with van der Waals surface area (Å²) in [6.07, 6.45) is -1.51. The third kappa shape index (κ3) is 7.94. The number of amides is 2. The molecule has 13 heteroatoms. The Morgan fingerprint density at radius 2 is 1.54 bits per heavy atom. The van der Waals surface area contributed by atoms with Gasteiger partial charge in [0.15, 0.2) is 0 Å². The van der Waals surface area contributed by atoms with Crippen LogP contribution in [0.1, 0.15) is 17.5 Å². The molecule has 9 N–H and O–H groups in total. The van der Waals surface area contributed by atoms with Gasteiger partial charge in [-0.05, 0) is 53.6 Å². The zero-order valence-corrected chi connectivity index (χ0v) is 21.6. The average molecular weight is 559 g/mol. The smallest absolute Gasteiger partial charge is 0.326 e. The van der Waals surface area contributed by atoms with E-state index < -0.39 is 42.0 Å². The van der Waals surface area contributed by atoms with Crippen LogP contribution in [-0.4, -0.2) is 76.0 Å². The number of aromatic hydroxyl groups is 2. The molecule has 0 aliphatic carbocycles. The molecule has 0 radical (unpaired) electrons. The summed E-state index contributed by atoms with van der Waals surface area (Å²) in [5.41, 5.74) is 7.56. The number of phenols is 2. The van der Waals surface area contributed by atoms with E-state index in [0.29, 0.717) is 16.7 Å². The van der Waals surface area contributed by atoms with Crippen LogP contribution in [0.4, 0.5) is 0 Å². The molecule has 4 bridgehead atoms. The SMILES string of the molecule is CN[C@H]1Cc2cc(ccc2O)-c2ccc(O)c(c2)C[C@@H](C(=O)O)NC(=O)[C@H](C[C@@H](O)CN)NC1=O.Cl.Cl. The van der Waals surface area contributed by atoms with Gasteiger partial charge in [-0.25, -0.2) is 4.79 Å². The van der Waals surface area contributed by atoms with Crippen molar-refractivity contribution in [3.8, 4) is 22.6 Å². The van der Waals surface area contributed by atoms with Crippen molar-refractivity contribution >= 4 is 42.6 Å². The number of carboxylic acids is 1. The van der Waals surface area contributed by atoms with Crippen molar-refractivity contribution in [2.75, 3.05) is 13.6 Å². The lowest BCUT2D eigenvalue weighted by Crippen LogP contribution is -2.56. The molecule has 0 unspecified atom stereocenters. The molecule has 0 saturated heterocycles. The van der Waals surface area contributed by atoms with Gasteiger partial charge in [-0.1, -0.05) is 12.1 Å². The zero-order valence-electron chi connectivity index (χ0n) is 20.0. The van der Waals surface area contributed by atoms with Gasteiger partial charge < -0.3 is 42.1 Å². The maximum Gasteiger partial charge on any atom is 0.326 e. The molecule has 2 amide bonds. The van der Waals surface area contributed by atoms with Crippen LogP contribution in [0.5, 0.6) is 11.5 Å². The molecular formula is C24H32Cl2N4O7. The number of aliphatic hydroxyl groups is 1. The molecule has 3 rings (SSSR count). The maximum atomic E-state index is 13.0. The molecule has 1 heterocycles. The number of carboxylic acid groups (broad SMARTS) is 1. The maximum absolute atomic E-state index is 13.0. The minimum Gasteiger partial charge on any atom is -0.508 e. The number of likely N-dealkylation sites (N-methyl/N-ethyl adjacent to an activating group) is 1. The molecule has 0 fully saturated rings. The summed E-state index contributed by atoms with van der Waals surface area (Å²) in [5, 5.41) is 48.3. The van der Waals surface area contributed by atoms with Crippen LogP contribution < -0.4 is 21.7 Å². The predicted molar refractivity (Wildman–Crippen MR) is 141 cm³/mol. The second-order valence-electron chi connectivity index (χ2n) is 8.52. The standard InChI is InChI=1S/C24H30N4O7.2ClH/c1-26-17-8-14-6-12(2-4-20(14)30)13-3-5-21(31)15(7-13)9-19(24(34)35)28-23(33)18(27-22(17)32)10-16(29)11-25;;/h2-7,16-19,26,29-31H,8-11,25H2,1H3,(H,27,32)(H,28,33)(H,34,35);2*1H/t16-,17+,18+,19+;;/m1../s1. The van der Waals surface area contributed by atoms with Crippen LogP contribution in [0, 0.1) is 0 Å². The first-order valence-electron chi connectivity index (χ1n) is 11.2. The molecule has 11 nitrogen and oxygen atoms in total. The Morgan fingerprint density at radius 1 is 1.00 bits per heavy atom. The van der Waals surface area contributed by atoms with Gasteiger partial charge >= 0.3 is 5.97 Å². The van der Waals surface area contributed by atoms with E-state index in [2.05, 4.69) is 16.0 Å². The van der Waals surface area contributed by atoms with Gasteiger partial charge in [-0.3, -0.25) is 9.59 Å². The van der Waals surface area contributed by atoms with Crippen LogP contribution in [-0.2, 0) is 27.2 Å². The molecule has 204 valence electrons. The van der Waals surface area contributed by atoms with Crippen LogP contribution in [0.3, 0.4) is 0 Å². The Balaban J connectivity index is 0.00000342. The van der Waals surface area contributed by atoms with Gasteiger partial charge in [-0.2, -0.15) is 0 Å². The highest BCUT2D eigenvalue weighted by Gasteiger charge is 2.31. The molecule has 2 aromatic rings. The Kier molecular flexibility index (Phi) is 12.1. The molecule has 2 aromatic carbocycles. The number of nitrogens with two attached hydrogens (primary N) is 1. The molecule has 0 aromatic heterocycles. The van der Waals surface area contributed by atoms with E-state index in [4.69, 9.17) is 5.73 Å². The average Bonchev–Trinajstić information content (AvgIpc) is 2.83. The highest BCUT2D eigenvalue weighted by Crippen LogP contribution is 2.31. The number of fused-ring (bicyclic) bond motifs is 5. The van der Waals surface area contributed by atoms with E-state index in [1.807, 2.05) is 0 Å². The molecule has 0 saturated carbocycles. The van der Waals surface area contributed by atoms with Crippen LogP contribution in [0.2, 0.25) is 0 Å². The summed E-state index contributed by atoms with van der Waals surface area (Å²) < 4.78 is 0. The lowest BCUT2D eigenvalue weighted by molar-refractivity contribution is -0.142. The zero-order chi connectivity index (χ0) is 25.7. The normalized spacial score (nSPS) is 20.6. The van der Waals surface area contributed by atoms with Crippen molar-refractivity contribution in [1.29, 1.82) is 0 Å². The summed E-state index contributed by atoms with van der Waals surface area (Å²) in [5.74, 6) is -2.90. The quantitative estimate of drug-likeness (QED) is 0.250. The first-order chi connectivity index (χ1) is 16.6. The number of halogens is 2. The number of phenolic OH excluding ortho intramolecular Hbond substituents is 2. The van der Waals surface area contributed by atoms with E-state index in [9.17, 15) is 34.8 Å². The Morgan fingerprint density at radius 3 is 2.03 bits per heavy atom. The first kappa shape index (κ1) is 31.9. The third-order valence-corrected chi connectivity index (χ3v) is 6.03. The Bertz CT molecular complexity index is 1120. The van der Waals surface area contributed by atoms with Crippen LogP contribution in [0.15, 0.2) is 36.4 Å². The van der Waals surface area contributed by atoms with E-state index >= 15 is 0 Å². The number of carbonyl (C=O) groups excluding carboxylic acids is 2. The van der Waals surface area contributed by atoms with Crippen LogP contribution >= 0.6 is 24.8 Å². The number of hydrogen-bond donors (Lipinski definition) is 8. The highest BCUT2D eigenvalue weighted by atomic mass is 35.5. The molecule has 1 aliphatic rings. The number of rotatable bonds is 5. The first-order valence-corrected chi connectivity index (χ1v) is 11.2. The van der Waals surface area contributed by atoms with Gasteiger partial charge in [0.05, 0.1) is 12.1 Å². The number of hydrogen-bond acceptors (Lipinski definition) is 8. The lowest BCUT2D eigenvalue weighted by Gasteiger charge is -2.25. The van der Waals surface area contributed by atoms with Crippen molar-refractivity contribution < 1.29 is 34.8 Å². The van der Waals surface area contributed by atoms with E-state index in [1.165, 1.54) is 12.1 Å². The number of benzene rings is 2. The summed E-state index contributed by atoms with van der Waals surface area (Å²) in [6, 6.07) is 6.01. The van der Waals surface area contributed by atoms with Gasteiger partial charge in [0.25, 0.3) is 0 Å². The monoisotopic (exact) mass is 558 g/mol. The topological polar surface area (TPSA) is 194 Å². The summed E-state index contributed by atoms with van der Waals surface area (Å²) in [4.78, 5) is 38.0. The second-order valence-corrected chi connectivity index (χ2v) is 8.52. The second kappa shape index (κ2) is 14.0. The third-order valence-electron chi connectivity index (χ3n) is 6.03. The van der Waals surface area contributed by atoms with Crippen molar-refractivity contribution in [2.45, 2.75) is 43.5 Å².